The Morgan fingerprint density at radius 2 is 1.79 bits per heavy atom. The molecule has 0 saturated carbocycles. The second-order valence-corrected chi connectivity index (χ2v) is 8.62. The number of ether oxygens (including phenoxy) is 1. The predicted octanol–water partition coefficient (Wildman–Crippen LogP) is 3.18. The Morgan fingerprint density at radius 1 is 0.970 bits per heavy atom. The van der Waals surface area contributed by atoms with Crippen LogP contribution in [-0.2, 0) is 4.74 Å². The lowest BCUT2D eigenvalue weighted by Gasteiger charge is -2.28. The van der Waals surface area contributed by atoms with Crippen molar-refractivity contribution >= 4 is 16.9 Å². The van der Waals surface area contributed by atoms with Crippen molar-refractivity contribution in [2.75, 3.05) is 44.3 Å². The van der Waals surface area contributed by atoms with E-state index < -0.39 is 0 Å². The fraction of sp³-hybridized carbons (Fsp3) is 0.360. The molecule has 33 heavy (non-hydrogen) atoms. The number of nitrogens with one attached hydrogen (secondary N) is 1. The molecule has 8 heteroatoms. The van der Waals surface area contributed by atoms with E-state index in [1.807, 2.05) is 36.7 Å². The van der Waals surface area contributed by atoms with E-state index in [4.69, 9.17) is 24.8 Å². The first-order chi connectivity index (χ1) is 16.3. The summed E-state index contributed by atoms with van der Waals surface area (Å²) >= 11 is 0. The van der Waals surface area contributed by atoms with E-state index in [1.54, 1.807) is 4.68 Å². The summed E-state index contributed by atoms with van der Waals surface area (Å²) in [6, 6.07) is 14.4. The van der Waals surface area contributed by atoms with Crippen LogP contribution in [0.4, 0.5) is 5.82 Å². The van der Waals surface area contributed by atoms with E-state index in [0.717, 1.165) is 67.1 Å². The summed E-state index contributed by atoms with van der Waals surface area (Å²) in [6.07, 6.45) is 6.20. The number of benzene rings is 1. The Kier molecular flexibility index (Phi) is 5.45. The first-order valence-corrected chi connectivity index (χ1v) is 11.7. The molecule has 3 aromatic heterocycles. The molecule has 0 spiro atoms. The maximum absolute atomic E-state index is 5.57. The summed E-state index contributed by atoms with van der Waals surface area (Å²) in [5.41, 5.74) is 4.93. The van der Waals surface area contributed by atoms with Crippen molar-refractivity contribution < 1.29 is 4.74 Å². The highest BCUT2D eigenvalue weighted by Gasteiger charge is 2.22. The number of nitrogens with zero attached hydrogens (tertiary/aromatic N) is 6. The standard InChI is InChI=1S/C25H27N7O/c1-2-4-19(5-3-1)21-8-11-32(30-21)25-28-22-16-20(18-6-9-26-10-7-18)17-27-23(22)24(29-25)31-12-14-33-15-13-31/h1-5,8,11,16-18,26H,6-7,9-10,12-15H2. The minimum absolute atomic E-state index is 0.516. The molecule has 0 radical (unpaired) electrons. The second-order valence-electron chi connectivity index (χ2n) is 8.62. The van der Waals surface area contributed by atoms with Gasteiger partial charge in [0.25, 0.3) is 5.95 Å². The third kappa shape index (κ3) is 4.07. The summed E-state index contributed by atoms with van der Waals surface area (Å²) in [5, 5.41) is 8.22. The smallest absolute Gasteiger partial charge is 0.253 e. The number of morpholine rings is 1. The van der Waals surface area contributed by atoms with Gasteiger partial charge >= 0.3 is 0 Å². The number of anilines is 1. The molecule has 1 aromatic carbocycles. The van der Waals surface area contributed by atoms with Gasteiger partial charge in [-0.25, -0.2) is 9.67 Å². The average Bonchev–Trinajstić information content (AvgIpc) is 3.40. The molecule has 4 aromatic rings. The van der Waals surface area contributed by atoms with Crippen molar-refractivity contribution in [3.8, 4) is 17.2 Å². The first-order valence-electron chi connectivity index (χ1n) is 11.7. The molecule has 2 fully saturated rings. The number of rotatable bonds is 4. The van der Waals surface area contributed by atoms with Gasteiger partial charge in [0.05, 0.1) is 24.4 Å². The Bertz CT molecular complexity index is 1240. The van der Waals surface area contributed by atoms with Crippen molar-refractivity contribution in [3.05, 3.63) is 60.4 Å². The highest BCUT2D eigenvalue weighted by Crippen LogP contribution is 2.30. The van der Waals surface area contributed by atoms with Crippen molar-refractivity contribution in [1.29, 1.82) is 0 Å². The van der Waals surface area contributed by atoms with Gasteiger partial charge in [-0.05, 0) is 49.5 Å². The van der Waals surface area contributed by atoms with E-state index in [1.165, 1.54) is 5.56 Å². The second kappa shape index (κ2) is 8.88. The third-order valence-electron chi connectivity index (χ3n) is 6.51. The van der Waals surface area contributed by atoms with Gasteiger partial charge in [0.2, 0.25) is 0 Å². The van der Waals surface area contributed by atoms with Gasteiger partial charge in [-0.3, -0.25) is 4.98 Å². The lowest BCUT2D eigenvalue weighted by Crippen LogP contribution is -2.37. The molecule has 2 aliphatic rings. The van der Waals surface area contributed by atoms with Crippen LogP contribution >= 0.6 is 0 Å². The molecular weight excluding hydrogens is 414 g/mol. The van der Waals surface area contributed by atoms with Gasteiger partial charge in [0.15, 0.2) is 5.82 Å². The number of hydrogen-bond donors (Lipinski definition) is 1. The normalized spacial score (nSPS) is 17.5. The molecule has 8 nitrogen and oxygen atoms in total. The summed E-state index contributed by atoms with van der Waals surface area (Å²) < 4.78 is 7.34. The third-order valence-corrected chi connectivity index (χ3v) is 6.51. The lowest BCUT2D eigenvalue weighted by molar-refractivity contribution is 0.122. The molecule has 2 aliphatic heterocycles. The summed E-state index contributed by atoms with van der Waals surface area (Å²) in [5.74, 6) is 1.94. The molecule has 0 atom stereocenters. The quantitative estimate of drug-likeness (QED) is 0.521. The van der Waals surface area contributed by atoms with E-state index in [9.17, 15) is 0 Å². The topological polar surface area (TPSA) is 81.0 Å². The maximum Gasteiger partial charge on any atom is 0.253 e. The van der Waals surface area contributed by atoms with Gasteiger partial charge in [0.1, 0.15) is 5.52 Å². The predicted molar refractivity (Wildman–Crippen MR) is 128 cm³/mol. The number of hydrogen-bond acceptors (Lipinski definition) is 7. The van der Waals surface area contributed by atoms with Crippen molar-refractivity contribution in [1.82, 2.24) is 30.0 Å². The SMILES string of the molecule is c1ccc(-c2ccn(-c3nc(N4CCOCC4)c4ncc(C5CCNCC5)cc4n3)n2)cc1. The van der Waals surface area contributed by atoms with Crippen LogP contribution in [0.5, 0.6) is 0 Å². The minimum Gasteiger partial charge on any atom is -0.378 e. The molecule has 6 rings (SSSR count). The van der Waals surface area contributed by atoms with Crippen LogP contribution in [0.2, 0.25) is 0 Å². The zero-order chi connectivity index (χ0) is 22.0. The fourth-order valence-corrected chi connectivity index (χ4v) is 4.68. The van der Waals surface area contributed by atoms with Gasteiger partial charge in [-0.15, -0.1) is 0 Å². The van der Waals surface area contributed by atoms with E-state index >= 15 is 0 Å². The van der Waals surface area contributed by atoms with E-state index in [-0.39, 0.29) is 0 Å². The van der Waals surface area contributed by atoms with E-state index in [2.05, 4.69) is 28.4 Å². The molecular formula is C25H27N7O. The van der Waals surface area contributed by atoms with Gasteiger partial charge < -0.3 is 15.0 Å². The van der Waals surface area contributed by atoms with Crippen molar-refractivity contribution in [3.63, 3.8) is 0 Å². The summed E-state index contributed by atoms with van der Waals surface area (Å²) in [7, 11) is 0. The number of piperidine rings is 1. The Labute approximate surface area is 192 Å². The van der Waals surface area contributed by atoms with Crippen LogP contribution in [0, 0.1) is 0 Å². The number of pyridine rings is 1. The van der Waals surface area contributed by atoms with Crippen LogP contribution in [0.3, 0.4) is 0 Å². The van der Waals surface area contributed by atoms with Crippen molar-refractivity contribution in [2.45, 2.75) is 18.8 Å². The highest BCUT2D eigenvalue weighted by atomic mass is 16.5. The zero-order valence-corrected chi connectivity index (χ0v) is 18.5. The van der Waals surface area contributed by atoms with Crippen molar-refractivity contribution in [2.24, 2.45) is 0 Å². The summed E-state index contributed by atoms with van der Waals surface area (Å²) in [4.78, 5) is 17.0. The highest BCUT2D eigenvalue weighted by molar-refractivity contribution is 5.86. The lowest BCUT2D eigenvalue weighted by atomic mass is 9.91. The Morgan fingerprint density at radius 3 is 2.61 bits per heavy atom. The fourth-order valence-electron chi connectivity index (χ4n) is 4.68. The first kappa shape index (κ1) is 20.3. The maximum atomic E-state index is 5.57. The molecule has 0 amide bonds. The molecule has 0 aliphatic carbocycles. The van der Waals surface area contributed by atoms with Crippen LogP contribution < -0.4 is 10.2 Å². The van der Waals surface area contributed by atoms with Crippen LogP contribution in [0.1, 0.15) is 24.3 Å². The Hall–Kier alpha value is -3.36. The van der Waals surface area contributed by atoms with Gasteiger partial charge in [0, 0.05) is 31.0 Å². The monoisotopic (exact) mass is 441 g/mol. The van der Waals surface area contributed by atoms with Crippen LogP contribution in [0.15, 0.2) is 54.9 Å². The summed E-state index contributed by atoms with van der Waals surface area (Å²) in [6.45, 7) is 5.05. The molecule has 0 unspecified atom stereocenters. The Balaban J connectivity index is 1.44. The molecule has 168 valence electrons. The largest absolute Gasteiger partial charge is 0.378 e. The van der Waals surface area contributed by atoms with E-state index in [0.29, 0.717) is 25.1 Å². The zero-order valence-electron chi connectivity index (χ0n) is 18.5. The molecule has 0 bridgehead atoms. The van der Waals surface area contributed by atoms with Gasteiger partial charge in [-0.1, -0.05) is 30.3 Å². The van der Waals surface area contributed by atoms with Crippen LogP contribution in [0.25, 0.3) is 28.2 Å². The number of aromatic nitrogens is 5. The van der Waals surface area contributed by atoms with Gasteiger partial charge in [-0.2, -0.15) is 10.1 Å². The number of fused-ring (bicyclic) bond motifs is 1. The average molecular weight is 442 g/mol. The molecule has 1 N–H and O–H groups in total. The molecule has 5 heterocycles. The van der Waals surface area contributed by atoms with Crippen LogP contribution in [-0.4, -0.2) is 64.1 Å². The molecule has 2 saturated heterocycles. The minimum atomic E-state index is 0.516.